The minimum absolute atomic E-state index is 0.172. The molecule has 0 spiro atoms. The molecule has 1 heterocycles. The molecule has 1 aromatic carbocycles. The normalized spacial score (nSPS) is 12.0. The van der Waals surface area contributed by atoms with Crippen LogP contribution < -0.4 is 5.73 Å². The molecule has 0 unspecified atom stereocenters. The second-order valence-electron chi connectivity index (χ2n) is 4.53. The number of aryl methyl sites for hydroxylation is 1. The van der Waals surface area contributed by atoms with Gasteiger partial charge in [-0.3, -0.25) is 4.68 Å². The van der Waals surface area contributed by atoms with Crippen molar-refractivity contribution in [2.45, 2.75) is 18.1 Å². The Bertz CT molecular complexity index is 694. The van der Waals surface area contributed by atoms with E-state index < -0.39 is 10.0 Å². The fraction of sp³-hybridized carbons (Fsp3) is 0.308. The van der Waals surface area contributed by atoms with Crippen molar-refractivity contribution in [1.29, 1.82) is 0 Å². The molecule has 1 aromatic heterocycles. The monoisotopic (exact) mass is 294 g/mol. The number of nitrogens with zero attached hydrogens (tertiary/aromatic N) is 3. The molecule has 6 nitrogen and oxygen atoms in total. The summed E-state index contributed by atoms with van der Waals surface area (Å²) < 4.78 is 27.6. The predicted molar refractivity (Wildman–Crippen MR) is 76.2 cm³/mol. The summed E-state index contributed by atoms with van der Waals surface area (Å²) in [5.41, 5.74) is 7.52. The van der Waals surface area contributed by atoms with Gasteiger partial charge in [0.1, 0.15) is 0 Å². The van der Waals surface area contributed by atoms with Crippen LogP contribution in [-0.2, 0) is 30.2 Å². The maximum absolute atomic E-state index is 12.5. The van der Waals surface area contributed by atoms with Gasteiger partial charge >= 0.3 is 0 Å². The number of sulfonamides is 1. The van der Waals surface area contributed by atoms with Gasteiger partial charge in [-0.25, -0.2) is 8.42 Å². The summed E-state index contributed by atoms with van der Waals surface area (Å²) in [4.78, 5) is 0. The Kier molecular flexibility index (Phi) is 4.22. The van der Waals surface area contributed by atoms with Crippen LogP contribution in [0.4, 0.5) is 0 Å². The summed E-state index contributed by atoms with van der Waals surface area (Å²) in [6, 6.07) is 9.04. The van der Waals surface area contributed by atoms with Crippen molar-refractivity contribution in [2.24, 2.45) is 12.8 Å². The van der Waals surface area contributed by atoms with Gasteiger partial charge in [0.15, 0.2) is 5.03 Å². The first-order valence-electron chi connectivity index (χ1n) is 6.18. The van der Waals surface area contributed by atoms with Crippen molar-refractivity contribution in [3.8, 4) is 0 Å². The first-order chi connectivity index (χ1) is 9.46. The molecule has 0 saturated carbocycles. The number of hydrogen-bond donors (Lipinski definition) is 1. The topological polar surface area (TPSA) is 81.2 Å². The quantitative estimate of drug-likeness (QED) is 0.880. The highest BCUT2D eigenvalue weighted by Gasteiger charge is 2.24. The van der Waals surface area contributed by atoms with Crippen molar-refractivity contribution >= 4 is 10.0 Å². The van der Waals surface area contributed by atoms with E-state index in [9.17, 15) is 8.42 Å². The molecule has 20 heavy (non-hydrogen) atoms. The van der Waals surface area contributed by atoms with Gasteiger partial charge in [-0.15, -0.1) is 0 Å². The van der Waals surface area contributed by atoms with E-state index in [4.69, 9.17) is 5.73 Å². The first kappa shape index (κ1) is 14.7. The van der Waals surface area contributed by atoms with E-state index in [0.717, 1.165) is 11.1 Å². The molecule has 108 valence electrons. The predicted octanol–water partition coefficient (Wildman–Crippen LogP) is 0.700. The zero-order valence-corrected chi connectivity index (χ0v) is 12.3. The molecule has 0 aliphatic heterocycles. The Labute approximate surface area is 118 Å². The molecule has 0 atom stereocenters. The van der Waals surface area contributed by atoms with E-state index in [1.807, 2.05) is 24.3 Å². The molecule has 0 amide bonds. The number of aromatic nitrogens is 2. The van der Waals surface area contributed by atoms with Crippen LogP contribution in [0.2, 0.25) is 0 Å². The molecule has 0 aliphatic carbocycles. The molecule has 2 N–H and O–H groups in total. The van der Waals surface area contributed by atoms with Gasteiger partial charge in [0.25, 0.3) is 10.0 Å². The van der Waals surface area contributed by atoms with Crippen molar-refractivity contribution in [3.63, 3.8) is 0 Å². The number of rotatable bonds is 5. The summed E-state index contributed by atoms with van der Waals surface area (Å²) in [6.07, 6.45) is 1.47. The maximum atomic E-state index is 12.5. The van der Waals surface area contributed by atoms with Crippen molar-refractivity contribution in [3.05, 3.63) is 47.7 Å². The molecular formula is C13H18N4O2S. The van der Waals surface area contributed by atoms with Crippen molar-refractivity contribution < 1.29 is 8.42 Å². The summed E-state index contributed by atoms with van der Waals surface area (Å²) in [5, 5.41) is 4.07. The summed E-state index contributed by atoms with van der Waals surface area (Å²) in [6.45, 7) is 0.663. The first-order valence-corrected chi connectivity index (χ1v) is 7.62. The van der Waals surface area contributed by atoms with Gasteiger partial charge in [-0.2, -0.15) is 9.40 Å². The van der Waals surface area contributed by atoms with Gasteiger partial charge in [0, 0.05) is 27.2 Å². The average Bonchev–Trinajstić information content (AvgIpc) is 2.86. The second kappa shape index (κ2) is 5.74. The van der Waals surface area contributed by atoms with Crippen LogP contribution in [0.5, 0.6) is 0 Å². The lowest BCUT2D eigenvalue weighted by molar-refractivity contribution is 0.456. The number of benzene rings is 1. The molecule has 0 bridgehead atoms. The summed E-state index contributed by atoms with van der Waals surface area (Å²) in [5.74, 6) is 0. The third-order valence-corrected chi connectivity index (χ3v) is 5.06. The fourth-order valence-corrected chi connectivity index (χ4v) is 3.25. The van der Waals surface area contributed by atoms with Gasteiger partial charge in [0.05, 0.1) is 6.20 Å². The molecule has 2 aromatic rings. The average molecular weight is 294 g/mol. The lowest BCUT2D eigenvalue weighted by Crippen LogP contribution is -2.28. The SMILES string of the molecule is CN(Cc1ccccc1CN)S(=O)(=O)c1ccnn1C. The Balaban J connectivity index is 2.28. The largest absolute Gasteiger partial charge is 0.326 e. The van der Waals surface area contributed by atoms with E-state index >= 15 is 0 Å². The van der Waals surface area contributed by atoms with Gasteiger partial charge in [-0.1, -0.05) is 24.3 Å². The number of hydrogen-bond acceptors (Lipinski definition) is 4. The zero-order chi connectivity index (χ0) is 14.8. The second-order valence-corrected chi connectivity index (χ2v) is 6.52. The Morgan fingerprint density at radius 3 is 2.45 bits per heavy atom. The lowest BCUT2D eigenvalue weighted by atomic mass is 10.1. The standard InChI is InChI=1S/C13H18N4O2S/c1-16(10-12-6-4-3-5-11(12)9-14)20(18,19)13-7-8-15-17(13)2/h3-8H,9-10,14H2,1-2H3. The minimum Gasteiger partial charge on any atom is -0.326 e. The van der Waals surface area contributed by atoms with Crippen LogP contribution in [0, 0.1) is 0 Å². The highest BCUT2D eigenvalue weighted by molar-refractivity contribution is 7.89. The van der Waals surface area contributed by atoms with Crippen LogP contribution in [-0.4, -0.2) is 29.6 Å². The van der Waals surface area contributed by atoms with Crippen molar-refractivity contribution in [2.75, 3.05) is 7.05 Å². The lowest BCUT2D eigenvalue weighted by Gasteiger charge is -2.18. The Hall–Kier alpha value is -1.70. The Morgan fingerprint density at radius 1 is 1.25 bits per heavy atom. The van der Waals surface area contributed by atoms with Gasteiger partial charge < -0.3 is 5.73 Å². The van der Waals surface area contributed by atoms with Crippen LogP contribution in [0.25, 0.3) is 0 Å². The van der Waals surface area contributed by atoms with Crippen LogP contribution in [0.1, 0.15) is 11.1 Å². The molecule has 2 rings (SSSR count). The van der Waals surface area contributed by atoms with E-state index in [0.29, 0.717) is 6.54 Å². The van der Waals surface area contributed by atoms with Crippen LogP contribution >= 0.6 is 0 Å². The molecule has 0 fully saturated rings. The maximum Gasteiger partial charge on any atom is 0.260 e. The minimum atomic E-state index is -3.56. The summed E-state index contributed by atoms with van der Waals surface area (Å²) in [7, 11) is -0.400. The molecule has 7 heteroatoms. The van der Waals surface area contributed by atoms with Crippen LogP contribution in [0.15, 0.2) is 41.6 Å². The van der Waals surface area contributed by atoms with Gasteiger partial charge in [-0.05, 0) is 17.2 Å². The zero-order valence-electron chi connectivity index (χ0n) is 11.5. The third kappa shape index (κ3) is 2.74. The molecule has 0 aliphatic rings. The van der Waals surface area contributed by atoms with E-state index in [2.05, 4.69) is 5.10 Å². The third-order valence-electron chi connectivity index (χ3n) is 3.18. The molecule has 0 saturated heterocycles. The van der Waals surface area contributed by atoms with E-state index in [1.165, 1.54) is 21.3 Å². The highest BCUT2D eigenvalue weighted by atomic mass is 32.2. The smallest absolute Gasteiger partial charge is 0.260 e. The van der Waals surface area contributed by atoms with Crippen molar-refractivity contribution in [1.82, 2.24) is 14.1 Å². The van der Waals surface area contributed by atoms with Gasteiger partial charge in [0.2, 0.25) is 0 Å². The number of nitrogens with two attached hydrogens (primary N) is 1. The van der Waals surface area contributed by atoms with E-state index in [-0.39, 0.29) is 11.6 Å². The fourth-order valence-electron chi connectivity index (χ4n) is 2.01. The summed E-state index contributed by atoms with van der Waals surface area (Å²) >= 11 is 0. The van der Waals surface area contributed by atoms with E-state index in [1.54, 1.807) is 14.1 Å². The molecular weight excluding hydrogens is 276 g/mol. The highest BCUT2D eigenvalue weighted by Crippen LogP contribution is 2.17. The Morgan fingerprint density at radius 2 is 1.90 bits per heavy atom. The molecule has 0 radical (unpaired) electrons. The van der Waals surface area contributed by atoms with Crippen LogP contribution in [0.3, 0.4) is 0 Å².